The molecule has 12 heteroatoms. The summed E-state index contributed by atoms with van der Waals surface area (Å²) >= 11 is 0. The van der Waals surface area contributed by atoms with Gasteiger partial charge >= 0.3 is 11.9 Å². The number of benzene rings is 1. The number of ketones is 1. The molecule has 9 nitrogen and oxygen atoms in total. The van der Waals surface area contributed by atoms with Gasteiger partial charge < -0.3 is 9.47 Å². The van der Waals surface area contributed by atoms with Crippen molar-refractivity contribution >= 4 is 38.5 Å². The zero-order valence-corrected chi connectivity index (χ0v) is 21.6. The Morgan fingerprint density at radius 3 is 2.34 bits per heavy atom. The summed E-state index contributed by atoms with van der Waals surface area (Å²) in [6.45, 7) is 2.76. The van der Waals surface area contributed by atoms with Gasteiger partial charge in [-0.2, -0.15) is 0 Å². The molecule has 3 fully saturated rings. The predicted molar refractivity (Wildman–Crippen MR) is 128 cm³/mol. The molecule has 1 aromatic heterocycles. The van der Waals surface area contributed by atoms with Crippen LogP contribution in [0.15, 0.2) is 23.2 Å². The van der Waals surface area contributed by atoms with Gasteiger partial charge in [-0.3, -0.25) is 19.4 Å². The molecular weight excluding hydrogens is 522 g/mol. The number of nitrogens with one attached hydrogen (secondary N) is 1. The maximum Gasteiger partial charge on any atom is 0.331 e. The van der Waals surface area contributed by atoms with Crippen molar-refractivity contribution in [3.8, 4) is 0 Å². The quantitative estimate of drug-likeness (QED) is 0.431. The van der Waals surface area contributed by atoms with E-state index >= 15 is 0 Å². The van der Waals surface area contributed by atoms with Crippen molar-refractivity contribution in [2.24, 2.45) is 11.8 Å². The van der Waals surface area contributed by atoms with Gasteiger partial charge in [0.05, 0.1) is 4.90 Å². The van der Waals surface area contributed by atoms with E-state index in [-0.39, 0.29) is 23.7 Å². The molecule has 2 heterocycles. The fraction of sp³-hybridized carbons (Fsp3) is 0.538. The van der Waals surface area contributed by atoms with Gasteiger partial charge in [0.25, 0.3) is 11.7 Å². The number of alkyl halides is 2. The number of cyclic esters (lactones) is 2. The van der Waals surface area contributed by atoms with Crippen LogP contribution in [0.2, 0.25) is 0 Å². The lowest BCUT2D eigenvalue weighted by Crippen LogP contribution is -2.50. The minimum atomic E-state index is -4.26. The SMILES string of the molecule is CC1(C)OC(=O)C(C(=O)C2Cc3cc4cnc(C5CC5)cc4c(S(=O)(=O)NC4CC(F)(F)C4)c3C2)C(=O)O1. The van der Waals surface area contributed by atoms with Crippen LogP contribution in [0.5, 0.6) is 0 Å². The second kappa shape index (κ2) is 8.25. The van der Waals surface area contributed by atoms with E-state index in [1.165, 1.54) is 13.8 Å². The molecule has 0 amide bonds. The van der Waals surface area contributed by atoms with E-state index in [1.807, 2.05) is 0 Å². The lowest BCUT2D eigenvalue weighted by molar-refractivity contribution is -0.238. The molecule has 0 radical (unpaired) electrons. The fourth-order valence-corrected chi connectivity index (χ4v) is 7.42. The topological polar surface area (TPSA) is 129 Å². The number of Topliss-reactive ketones (excluding diaryl/α,β-unsaturated/α-hetero) is 1. The van der Waals surface area contributed by atoms with Crippen LogP contribution in [0.1, 0.15) is 62.3 Å². The molecule has 6 rings (SSSR count). The Labute approximate surface area is 217 Å². The van der Waals surface area contributed by atoms with Crippen molar-refractivity contribution in [1.82, 2.24) is 9.71 Å². The van der Waals surface area contributed by atoms with Gasteiger partial charge in [-0.1, -0.05) is 0 Å². The van der Waals surface area contributed by atoms with Crippen LogP contribution < -0.4 is 4.72 Å². The van der Waals surface area contributed by atoms with Crippen molar-refractivity contribution in [2.45, 2.75) is 80.9 Å². The summed E-state index contributed by atoms with van der Waals surface area (Å²) in [4.78, 5) is 42.8. The summed E-state index contributed by atoms with van der Waals surface area (Å²) in [6, 6.07) is 2.59. The largest absolute Gasteiger partial charge is 0.422 e. The van der Waals surface area contributed by atoms with E-state index in [4.69, 9.17) is 9.47 Å². The number of aromatic nitrogens is 1. The summed E-state index contributed by atoms with van der Waals surface area (Å²) < 4.78 is 66.9. The minimum absolute atomic E-state index is 0.0390. The van der Waals surface area contributed by atoms with Gasteiger partial charge in [-0.15, -0.1) is 0 Å². The Hall–Kier alpha value is -2.99. The Balaban J connectivity index is 1.38. The Morgan fingerprint density at radius 1 is 1.08 bits per heavy atom. The highest BCUT2D eigenvalue weighted by Gasteiger charge is 2.51. The first-order chi connectivity index (χ1) is 17.7. The van der Waals surface area contributed by atoms with E-state index < -0.39 is 70.2 Å². The number of hydrogen-bond donors (Lipinski definition) is 1. The lowest BCUT2D eigenvalue weighted by Gasteiger charge is -2.35. The van der Waals surface area contributed by atoms with E-state index in [0.717, 1.165) is 18.5 Å². The van der Waals surface area contributed by atoms with Crippen LogP contribution in [0.3, 0.4) is 0 Å². The monoisotopic (exact) mass is 548 g/mol. The van der Waals surface area contributed by atoms with Crippen molar-refractivity contribution in [2.75, 3.05) is 0 Å². The first-order valence-electron chi connectivity index (χ1n) is 12.6. The number of fused-ring (bicyclic) bond motifs is 2. The molecule has 1 unspecified atom stereocenters. The number of carbonyl (C=O) groups excluding carboxylic acids is 3. The number of hydrogen-bond acceptors (Lipinski definition) is 8. The highest BCUT2D eigenvalue weighted by atomic mass is 32.2. The van der Waals surface area contributed by atoms with Crippen LogP contribution in [0.25, 0.3) is 10.8 Å². The molecular formula is C26H26F2N2O7S. The van der Waals surface area contributed by atoms with Gasteiger partial charge in [-0.05, 0) is 48.9 Å². The van der Waals surface area contributed by atoms with Crippen LogP contribution in [-0.4, -0.2) is 48.9 Å². The Bertz CT molecular complexity index is 1490. The molecule has 0 spiro atoms. The van der Waals surface area contributed by atoms with Gasteiger partial charge in [0.15, 0.2) is 5.78 Å². The molecule has 1 aromatic carbocycles. The second-order valence-electron chi connectivity index (χ2n) is 11.2. The van der Waals surface area contributed by atoms with Gasteiger partial charge in [-0.25, -0.2) is 21.9 Å². The molecule has 3 aliphatic carbocycles. The van der Waals surface area contributed by atoms with E-state index in [0.29, 0.717) is 21.9 Å². The molecule has 202 valence electrons. The molecule has 2 aromatic rings. The zero-order valence-electron chi connectivity index (χ0n) is 20.8. The lowest BCUT2D eigenvalue weighted by atomic mass is 9.89. The zero-order chi connectivity index (χ0) is 27.2. The summed E-state index contributed by atoms with van der Waals surface area (Å²) in [7, 11) is -4.26. The molecule has 4 aliphatic rings. The van der Waals surface area contributed by atoms with Crippen molar-refractivity contribution in [3.05, 3.63) is 35.2 Å². The summed E-state index contributed by atoms with van der Waals surface area (Å²) in [5, 5.41) is 0.948. The summed E-state index contributed by atoms with van der Waals surface area (Å²) in [5.74, 6) is -9.50. The standard InChI is InChI=1S/C26H26F2N2O7S/c1-25(2)36-23(32)20(24(33)37-25)21(31)14-5-13-6-15-11-29-19(12-3-4-12)8-18(15)22(17(13)7-14)38(34,35)30-16-9-26(27,28)10-16/h6,8,11-12,14,16,20,30H,3-5,7,9-10H2,1-2H3. The number of sulfonamides is 1. The smallest absolute Gasteiger partial charge is 0.331 e. The predicted octanol–water partition coefficient (Wildman–Crippen LogP) is 2.92. The first-order valence-corrected chi connectivity index (χ1v) is 14.1. The normalized spacial score (nSPS) is 25.0. The maximum absolute atomic E-state index is 13.7. The number of esters is 2. The highest BCUT2D eigenvalue weighted by Crippen LogP contribution is 2.44. The average Bonchev–Trinajstić information content (AvgIpc) is 3.53. The molecule has 38 heavy (non-hydrogen) atoms. The third kappa shape index (κ3) is 4.37. The Morgan fingerprint density at radius 2 is 1.74 bits per heavy atom. The number of halogens is 2. The number of pyridine rings is 1. The third-order valence-electron chi connectivity index (χ3n) is 7.64. The van der Waals surface area contributed by atoms with Crippen molar-refractivity contribution in [1.29, 1.82) is 0 Å². The van der Waals surface area contributed by atoms with Gasteiger partial charge in [0.1, 0.15) is 0 Å². The van der Waals surface area contributed by atoms with Gasteiger partial charge in [0.2, 0.25) is 15.9 Å². The second-order valence-corrected chi connectivity index (χ2v) is 12.9. The minimum Gasteiger partial charge on any atom is -0.422 e. The van der Waals surface area contributed by atoms with E-state index in [1.54, 1.807) is 18.3 Å². The number of carbonyl (C=O) groups is 3. The maximum atomic E-state index is 13.7. The molecule has 1 saturated heterocycles. The fourth-order valence-electron chi connectivity index (χ4n) is 5.69. The van der Waals surface area contributed by atoms with Crippen LogP contribution >= 0.6 is 0 Å². The van der Waals surface area contributed by atoms with Gasteiger partial charge in [0, 0.05) is 67.2 Å². The summed E-state index contributed by atoms with van der Waals surface area (Å²) in [6.07, 6.45) is 2.37. The van der Waals surface area contributed by atoms with Crippen LogP contribution in [-0.2, 0) is 46.7 Å². The highest BCUT2D eigenvalue weighted by molar-refractivity contribution is 7.89. The Kier molecular flexibility index (Phi) is 5.49. The van der Waals surface area contributed by atoms with Crippen molar-refractivity contribution in [3.63, 3.8) is 0 Å². The number of rotatable bonds is 6. The van der Waals surface area contributed by atoms with Crippen molar-refractivity contribution < 1.29 is 41.1 Å². The third-order valence-corrected chi connectivity index (χ3v) is 9.28. The molecule has 1 aliphatic heterocycles. The first kappa shape index (κ1) is 25.3. The average molecular weight is 549 g/mol. The van der Waals surface area contributed by atoms with Crippen LogP contribution in [0, 0.1) is 11.8 Å². The van der Waals surface area contributed by atoms with Crippen LogP contribution in [0.4, 0.5) is 8.78 Å². The molecule has 0 bridgehead atoms. The molecule has 2 saturated carbocycles. The summed E-state index contributed by atoms with van der Waals surface area (Å²) in [5.41, 5.74) is 1.69. The number of ether oxygens (including phenoxy) is 2. The van der Waals surface area contributed by atoms with E-state index in [2.05, 4.69) is 9.71 Å². The number of nitrogens with zero attached hydrogens (tertiary/aromatic N) is 1. The molecule has 1 atom stereocenters. The molecule has 1 N–H and O–H groups in total. The van der Waals surface area contributed by atoms with E-state index in [9.17, 15) is 31.6 Å².